The fraction of sp³-hybridized carbons (Fsp3) is 0.357. The van der Waals surface area contributed by atoms with Gasteiger partial charge in [-0.15, -0.1) is 0 Å². The van der Waals surface area contributed by atoms with E-state index in [0.29, 0.717) is 0 Å². The average Bonchev–Trinajstić information content (AvgIpc) is 2.33. The molecule has 0 saturated heterocycles. The highest BCUT2D eigenvalue weighted by Crippen LogP contribution is 2.21. The molecule has 1 N–H and O–H groups in total. The van der Waals surface area contributed by atoms with Gasteiger partial charge in [0, 0.05) is 11.6 Å². The molecule has 0 fully saturated rings. The molecular weight excluding hydrogens is 198 g/mol. The minimum absolute atomic E-state index is 0.143. The molecule has 0 aromatic heterocycles. The third kappa shape index (κ3) is 2.51. The normalized spacial score (nSPS) is 19.4. The van der Waals surface area contributed by atoms with E-state index in [-0.39, 0.29) is 11.8 Å². The summed E-state index contributed by atoms with van der Waals surface area (Å²) in [4.78, 5) is 12.0. The molecule has 1 aliphatic carbocycles. The Bertz CT molecular complexity index is 409. The molecule has 1 aromatic carbocycles. The van der Waals surface area contributed by atoms with Crippen molar-refractivity contribution in [1.82, 2.24) is 0 Å². The van der Waals surface area contributed by atoms with Gasteiger partial charge < -0.3 is 5.32 Å². The number of nitrogens with one attached hydrogen (secondary N) is 1. The molecule has 1 unspecified atom stereocenters. The smallest absolute Gasteiger partial charge is 0.227 e. The van der Waals surface area contributed by atoms with Crippen LogP contribution >= 0.6 is 0 Å². The third-order valence-electron chi connectivity index (χ3n) is 3.04. The summed E-state index contributed by atoms with van der Waals surface area (Å²) in [6.45, 7) is 2.01. The molecule has 16 heavy (non-hydrogen) atoms. The number of carbonyl (C=O) groups excluding carboxylic acids is 1. The van der Waals surface area contributed by atoms with E-state index in [4.69, 9.17) is 0 Å². The Balaban J connectivity index is 2.02. The van der Waals surface area contributed by atoms with Gasteiger partial charge in [-0.25, -0.2) is 0 Å². The first-order valence-corrected chi connectivity index (χ1v) is 5.79. The molecule has 1 aromatic rings. The first-order chi connectivity index (χ1) is 7.77. The first kappa shape index (κ1) is 10.9. The van der Waals surface area contributed by atoms with Crippen LogP contribution in [0.25, 0.3) is 0 Å². The van der Waals surface area contributed by atoms with Crippen molar-refractivity contribution < 1.29 is 4.79 Å². The Morgan fingerprint density at radius 1 is 1.31 bits per heavy atom. The van der Waals surface area contributed by atoms with Gasteiger partial charge in [-0.1, -0.05) is 30.4 Å². The van der Waals surface area contributed by atoms with E-state index in [9.17, 15) is 4.79 Å². The van der Waals surface area contributed by atoms with E-state index >= 15 is 0 Å². The van der Waals surface area contributed by atoms with Crippen LogP contribution in [-0.4, -0.2) is 5.91 Å². The van der Waals surface area contributed by atoms with Crippen LogP contribution < -0.4 is 5.32 Å². The number of amides is 1. The van der Waals surface area contributed by atoms with Gasteiger partial charge in [-0.2, -0.15) is 0 Å². The second-order valence-corrected chi connectivity index (χ2v) is 4.29. The Kier molecular flexibility index (Phi) is 3.40. The van der Waals surface area contributed by atoms with Crippen molar-refractivity contribution in [3.63, 3.8) is 0 Å². The van der Waals surface area contributed by atoms with Gasteiger partial charge in [-0.3, -0.25) is 4.79 Å². The Morgan fingerprint density at radius 2 is 2.12 bits per heavy atom. The minimum atomic E-state index is 0.143. The standard InChI is InChI=1S/C14H17NO/c1-11-7-5-6-10-13(11)15-14(16)12-8-3-2-4-9-12/h2-3,5-7,10,12H,4,8-9H2,1H3,(H,15,16). The lowest BCUT2D eigenvalue weighted by molar-refractivity contribution is -0.120. The van der Waals surface area contributed by atoms with Crippen molar-refractivity contribution in [1.29, 1.82) is 0 Å². The number of rotatable bonds is 2. The molecule has 2 rings (SSSR count). The van der Waals surface area contributed by atoms with E-state index in [1.165, 1.54) is 0 Å². The molecule has 0 saturated carbocycles. The van der Waals surface area contributed by atoms with E-state index in [2.05, 4.69) is 17.5 Å². The minimum Gasteiger partial charge on any atom is -0.326 e. The van der Waals surface area contributed by atoms with Gasteiger partial charge in [-0.05, 0) is 37.8 Å². The summed E-state index contributed by atoms with van der Waals surface area (Å²) in [6, 6.07) is 7.89. The molecular formula is C14H17NO. The van der Waals surface area contributed by atoms with Crippen LogP contribution in [0.3, 0.4) is 0 Å². The summed E-state index contributed by atoms with van der Waals surface area (Å²) in [7, 11) is 0. The number of anilines is 1. The van der Waals surface area contributed by atoms with Gasteiger partial charge in [0.15, 0.2) is 0 Å². The van der Waals surface area contributed by atoms with Crippen molar-refractivity contribution in [2.75, 3.05) is 5.32 Å². The maximum Gasteiger partial charge on any atom is 0.227 e. The van der Waals surface area contributed by atoms with Crippen molar-refractivity contribution in [3.05, 3.63) is 42.0 Å². The van der Waals surface area contributed by atoms with E-state index < -0.39 is 0 Å². The zero-order valence-corrected chi connectivity index (χ0v) is 9.57. The average molecular weight is 215 g/mol. The summed E-state index contributed by atoms with van der Waals surface area (Å²) in [5.74, 6) is 0.295. The van der Waals surface area contributed by atoms with Gasteiger partial charge in [0.2, 0.25) is 5.91 Å². The zero-order chi connectivity index (χ0) is 11.4. The van der Waals surface area contributed by atoms with Crippen molar-refractivity contribution in [2.45, 2.75) is 26.2 Å². The lowest BCUT2D eigenvalue weighted by Crippen LogP contribution is -2.23. The van der Waals surface area contributed by atoms with Crippen LogP contribution in [0.5, 0.6) is 0 Å². The summed E-state index contributed by atoms with van der Waals surface area (Å²) in [6.07, 6.45) is 7.11. The molecule has 0 spiro atoms. The molecule has 0 aliphatic heterocycles. The number of allylic oxidation sites excluding steroid dienone is 2. The monoisotopic (exact) mass is 215 g/mol. The fourth-order valence-corrected chi connectivity index (χ4v) is 1.98. The maximum absolute atomic E-state index is 12.0. The molecule has 1 atom stereocenters. The predicted molar refractivity (Wildman–Crippen MR) is 66.3 cm³/mol. The lowest BCUT2D eigenvalue weighted by Gasteiger charge is -2.18. The number of hydrogen-bond donors (Lipinski definition) is 1. The lowest BCUT2D eigenvalue weighted by atomic mass is 9.93. The highest BCUT2D eigenvalue weighted by Gasteiger charge is 2.18. The van der Waals surface area contributed by atoms with Crippen LogP contribution in [0.1, 0.15) is 24.8 Å². The Morgan fingerprint density at radius 3 is 2.81 bits per heavy atom. The number of aryl methyl sites for hydroxylation is 1. The molecule has 0 bridgehead atoms. The SMILES string of the molecule is Cc1ccccc1NC(=O)C1CC=CCC1. The molecule has 0 radical (unpaired) electrons. The van der Waals surface area contributed by atoms with Crippen LogP contribution in [0, 0.1) is 12.8 Å². The number of carbonyl (C=O) groups is 1. The van der Waals surface area contributed by atoms with Gasteiger partial charge in [0.25, 0.3) is 0 Å². The Hall–Kier alpha value is -1.57. The van der Waals surface area contributed by atoms with Crippen LogP contribution in [0.2, 0.25) is 0 Å². The molecule has 2 nitrogen and oxygen atoms in total. The largest absolute Gasteiger partial charge is 0.326 e. The summed E-state index contributed by atoms with van der Waals surface area (Å²) in [5.41, 5.74) is 2.05. The summed E-state index contributed by atoms with van der Waals surface area (Å²) in [5, 5.41) is 3.01. The highest BCUT2D eigenvalue weighted by molar-refractivity contribution is 5.93. The maximum atomic E-state index is 12.0. The fourth-order valence-electron chi connectivity index (χ4n) is 1.98. The van der Waals surface area contributed by atoms with E-state index in [1.807, 2.05) is 31.2 Å². The first-order valence-electron chi connectivity index (χ1n) is 5.79. The number of benzene rings is 1. The van der Waals surface area contributed by atoms with E-state index in [1.54, 1.807) is 0 Å². The summed E-state index contributed by atoms with van der Waals surface area (Å²) < 4.78 is 0. The number of para-hydroxylation sites is 1. The molecule has 0 heterocycles. The van der Waals surface area contributed by atoms with Crippen molar-refractivity contribution in [2.24, 2.45) is 5.92 Å². The van der Waals surface area contributed by atoms with E-state index in [0.717, 1.165) is 30.5 Å². The second kappa shape index (κ2) is 4.97. The van der Waals surface area contributed by atoms with Gasteiger partial charge in [0.1, 0.15) is 0 Å². The van der Waals surface area contributed by atoms with Gasteiger partial charge >= 0.3 is 0 Å². The predicted octanol–water partition coefficient (Wildman–Crippen LogP) is 3.29. The second-order valence-electron chi connectivity index (χ2n) is 4.29. The topological polar surface area (TPSA) is 29.1 Å². The highest BCUT2D eigenvalue weighted by atomic mass is 16.1. The molecule has 1 aliphatic rings. The van der Waals surface area contributed by atoms with Crippen LogP contribution in [0.4, 0.5) is 5.69 Å². The van der Waals surface area contributed by atoms with Crippen LogP contribution in [0.15, 0.2) is 36.4 Å². The Labute approximate surface area is 96.4 Å². The molecule has 2 heteroatoms. The quantitative estimate of drug-likeness (QED) is 0.753. The number of hydrogen-bond acceptors (Lipinski definition) is 1. The summed E-state index contributed by atoms with van der Waals surface area (Å²) >= 11 is 0. The molecule has 1 amide bonds. The zero-order valence-electron chi connectivity index (χ0n) is 9.57. The van der Waals surface area contributed by atoms with Crippen LogP contribution in [-0.2, 0) is 4.79 Å². The van der Waals surface area contributed by atoms with Crippen molar-refractivity contribution >= 4 is 11.6 Å². The third-order valence-corrected chi connectivity index (χ3v) is 3.04. The molecule has 84 valence electrons. The van der Waals surface area contributed by atoms with Gasteiger partial charge in [0.05, 0.1) is 0 Å². The van der Waals surface area contributed by atoms with Crippen molar-refractivity contribution in [3.8, 4) is 0 Å².